The van der Waals surface area contributed by atoms with E-state index in [0.29, 0.717) is 0 Å². The first-order valence-electron chi connectivity index (χ1n) is 6.27. The summed E-state index contributed by atoms with van der Waals surface area (Å²) in [5.74, 6) is 1.76. The van der Waals surface area contributed by atoms with Crippen LogP contribution in [0.2, 0.25) is 0 Å². The minimum atomic E-state index is -0.0113. The molecule has 1 unspecified atom stereocenters. The highest BCUT2D eigenvalue weighted by atomic mass is 16.5. The average Bonchev–Trinajstić information content (AvgIpc) is 3.11. The van der Waals surface area contributed by atoms with Crippen molar-refractivity contribution < 1.29 is 4.74 Å². The summed E-state index contributed by atoms with van der Waals surface area (Å²) in [6.45, 7) is 3.12. The van der Waals surface area contributed by atoms with Gasteiger partial charge in [-0.1, -0.05) is 6.07 Å². The van der Waals surface area contributed by atoms with Crippen molar-refractivity contribution in [1.82, 2.24) is 0 Å². The van der Waals surface area contributed by atoms with Crippen LogP contribution in [0.3, 0.4) is 0 Å². The summed E-state index contributed by atoms with van der Waals surface area (Å²) in [5.41, 5.74) is 8.38. The summed E-state index contributed by atoms with van der Waals surface area (Å²) in [7, 11) is 3.84. The van der Waals surface area contributed by atoms with E-state index in [4.69, 9.17) is 10.5 Å². The summed E-state index contributed by atoms with van der Waals surface area (Å²) in [4.78, 5) is 2.30. The van der Waals surface area contributed by atoms with Gasteiger partial charge in [-0.05, 0) is 37.8 Å². The molecule has 1 aromatic carbocycles. The van der Waals surface area contributed by atoms with Crippen molar-refractivity contribution in [3.8, 4) is 5.75 Å². The highest BCUT2D eigenvalue weighted by molar-refractivity contribution is 5.60. The normalized spacial score (nSPS) is 16.7. The second-order valence-electron chi connectivity index (χ2n) is 5.01. The van der Waals surface area contributed by atoms with Crippen LogP contribution in [0.1, 0.15) is 31.4 Å². The maximum Gasteiger partial charge on any atom is 0.125 e. The van der Waals surface area contributed by atoms with E-state index in [9.17, 15) is 0 Å². The van der Waals surface area contributed by atoms with Gasteiger partial charge in [-0.25, -0.2) is 0 Å². The van der Waals surface area contributed by atoms with E-state index in [1.54, 1.807) is 7.11 Å². The van der Waals surface area contributed by atoms with Gasteiger partial charge in [-0.3, -0.25) is 0 Å². The van der Waals surface area contributed by atoms with Crippen molar-refractivity contribution in [3.05, 3.63) is 23.8 Å². The zero-order chi connectivity index (χ0) is 12.4. The molecule has 0 heterocycles. The molecule has 2 rings (SSSR count). The maximum atomic E-state index is 6.07. The van der Waals surface area contributed by atoms with E-state index in [2.05, 4.69) is 18.0 Å². The number of nitrogens with two attached hydrogens (primary N) is 1. The Morgan fingerprint density at radius 1 is 1.47 bits per heavy atom. The fourth-order valence-corrected chi connectivity index (χ4v) is 2.29. The first-order valence-corrected chi connectivity index (χ1v) is 6.27. The monoisotopic (exact) mass is 234 g/mol. The van der Waals surface area contributed by atoms with Gasteiger partial charge >= 0.3 is 0 Å². The number of ether oxygens (including phenoxy) is 1. The van der Waals surface area contributed by atoms with Crippen molar-refractivity contribution in [3.63, 3.8) is 0 Å². The zero-order valence-electron chi connectivity index (χ0n) is 10.9. The van der Waals surface area contributed by atoms with E-state index >= 15 is 0 Å². The van der Waals surface area contributed by atoms with E-state index in [0.717, 1.165) is 23.8 Å². The number of anilines is 1. The van der Waals surface area contributed by atoms with Crippen molar-refractivity contribution in [2.45, 2.75) is 25.8 Å². The van der Waals surface area contributed by atoms with Crippen LogP contribution in [0, 0.1) is 5.92 Å². The molecule has 1 aromatic rings. The number of hydrogen-bond donors (Lipinski definition) is 1. The van der Waals surface area contributed by atoms with Crippen LogP contribution < -0.4 is 15.4 Å². The Kier molecular flexibility index (Phi) is 3.57. The first kappa shape index (κ1) is 12.2. The van der Waals surface area contributed by atoms with Crippen LogP contribution in [0.4, 0.5) is 5.69 Å². The van der Waals surface area contributed by atoms with Crippen molar-refractivity contribution in [2.24, 2.45) is 11.7 Å². The topological polar surface area (TPSA) is 38.5 Å². The smallest absolute Gasteiger partial charge is 0.125 e. The van der Waals surface area contributed by atoms with Gasteiger partial charge in [0.1, 0.15) is 5.75 Å². The van der Waals surface area contributed by atoms with Gasteiger partial charge in [0.15, 0.2) is 0 Å². The lowest BCUT2D eigenvalue weighted by Crippen LogP contribution is -2.23. The lowest BCUT2D eigenvalue weighted by atomic mass is 10.0. The molecule has 94 valence electrons. The number of methoxy groups -OCH3 is 1. The van der Waals surface area contributed by atoms with Crippen molar-refractivity contribution in [1.29, 1.82) is 0 Å². The number of benzene rings is 1. The number of rotatable bonds is 5. The molecule has 1 aliphatic carbocycles. The van der Waals surface area contributed by atoms with E-state index in [1.807, 2.05) is 19.1 Å². The standard InChI is InChI=1S/C14H22N2O/c1-10(15)14-12(5-4-6-13(14)17-3)16(2)9-11-7-8-11/h4-6,10-11H,7-9,15H2,1-3H3. The number of nitrogens with zero attached hydrogens (tertiary/aromatic N) is 1. The van der Waals surface area contributed by atoms with E-state index in [-0.39, 0.29) is 6.04 Å². The molecule has 1 saturated carbocycles. The molecule has 0 radical (unpaired) electrons. The van der Waals surface area contributed by atoms with Gasteiger partial charge in [0.05, 0.1) is 7.11 Å². The molecule has 2 N–H and O–H groups in total. The zero-order valence-corrected chi connectivity index (χ0v) is 10.9. The Labute approximate surface area is 104 Å². The fourth-order valence-electron chi connectivity index (χ4n) is 2.29. The molecule has 1 aliphatic rings. The third kappa shape index (κ3) is 2.72. The Balaban J connectivity index is 2.29. The number of hydrogen-bond acceptors (Lipinski definition) is 3. The average molecular weight is 234 g/mol. The van der Waals surface area contributed by atoms with Gasteiger partial charge in [0.2, 0.25) is 0 Å². The predicted molar refractivity (Wildman–Crippen MR) is 71.6 cm³/mol. The molecule has 3 nitrogen and oxygen atoms in total. The van der Waals surface area contributed by atoms with E-state index in [1.165, 1.54) is 18.5 Å². The Morgan fingerprint density at radius 3 is 2.71 bits per heavy atom. The Morgan fingerprint density at radius 2 is 2.18 bits per heavy atom. The lowest BCUT2D eigenvalue weighted by molar-refractivity contribution is 0.407. The van der Waals surface area contributed by atoms with Crippen LogP contribution in [0.25, 0.3) is 0 Å². The highest BCUT2D eigenvalue weighted by Gasteiger charge is 2.24. The molecule has 1 fully saturated rings. The molecule has 0 amide bonds. The van der Waals surface area contributed by atoms with Gasteiger partial charge < -0.3 is 15.4 Å². The summed E-state index contributed by atoms with van der Waals surface area (Å²) in [6.07, 6.45) is 2.73. The molecular weight excluding hydrogens is 212 g/mol. The van der Waals surface area contributed by atoms with Gasteiger partial charge in [-0.2, -0.15) is 0 Å². The molecule has 3 heteroatoms. The summed E-state index contributed by atoms with van der Waals surface area (Å²) in [5, 5.41) is 0. The van der Waals surface area contributed by atoms with Crippen LogP contribution in [0.5, 0.6) is 5.75 Å². The van der Waals surface area contributed by atoms with Crippen LogP contribution >= 0.6 is 0 Å². The summed E-state index contributed by atoms with van der Waals surface area (Å²) in [6, 6.07) is 6.13. The quantitative estimate of drug-likeness (QED) is 0.851. The minimum Gasteiger partial charge on any atom is -0.496 e. The van der Waals surface area contributed by atoms with E-state index < -0.39 is 0 Å². The molecule has 0 aromatic heterocycles. The van der Waals surface area contributed by atoms with Gasteiger partial charge in [-0.15, -0.1) is 0 Å². The van der Waals surface area contributed by atoms with Gasteiger partial charge in [0.25, 0.3) is 0 Å². The molecule has 1 atom stereocenters. The lowest BCUT2D eigenvalue weighted by Gasteiger charge is -2.25. The van der Waals surface area contributed by atoms with Gasteiger partial charge in [0, 0.05) is 30.9 Å². The summed E-state index contributed by atoms with van der Waals surface area (Å²) >= 11 is 0. The highest BCUT2D eigenvalue weighted by Crippen LogP contribution is 2.36. The van der Waals surface area contributed by atoms with Crippen LogP contribution in [-0.2, 0) is 0 Å². The van der Waals surface area contributed by atoms with Crippen LogP contribution in [-0.4, -0.2) is 20.7 Å². The third-order valence-corrected chi connectivity index (χ3v) is 3.36. The first-order chi connectivity index (χ1) is 8.13. The van der Waals surface area contributed by atoms with Crippen LogP contribution in [0.15, 0.2) is 18.2 Å². The fraction of sp³-hybridized carbons (Fsp3) is 0.571. The minimum absolute atomic E-state index is 0.0113. The Hall–Kier alpha value is -1.22. The molecular formula is C14H22N2O. The third-order valence-electron chi connectivity index (χ3n) is 3.36. The Bertz CT molecular complexity index is 386. The second kappa shape index (κ2) is 4.96. The molecule has 0 saturated heterocycles. The molecule has 0 bridgehead atoms. The largest absolute Gasteiger partial charge is 0.496 e. The second-order valence-corrected chi connectivity index (χ2v) is 5.01. The molecule has 0 aliphatic heterocycles. The predicted octanol–water partition coefficient (Wildman–Crippen LogP) is 2.56. The van der Waals surface area contributed by atoms with Crippen molar-refractivity contribution in [2.75, 3.05) is 25.6 Å². The van der Waals surface area contributed by atoms with Crippen molar-refractivity contribution >= 4 is 5.69 Å². The SMILES string of the molecule is COc1cccc(N(C)CC2CC2)c1C(C)N. The summed E-state index contributed by atoms with van der Waals surface area (Å²) < 4.78 is 5.41. The maximum absolute atomic E-state index is 6.07. The molecule has 0 spiro atoms. The molecule has 17 heavy (non-hydrogen) atoms.